The van der Waals surface area contributed by atoms with Crippen LogP contribution in [-0.2, 0) is 12.8 Å². The number of ether oxygens (including phenoxy) is 1. The van der Waals surface area contributed by atoms with E-state index >= 15 is 0 Å². The summed E-state index contributed by atoms with van der Waals surface area (Å²) in [6.07, 6.45) is 1.09. The van der Waals surface area contributed by atoms with Gasteiger partial charge in [-0.15, -0.1) is 0 Å². The summed E-state index contributed by atoms with van der Waals surface area (Å²) in [7, 11) is 0. The molecule has 3 N–H and O–H groups in total. The molecule has 5 nitrogen and oxygen atoms in total. The van der Waals surface area contributed by atoms with Gasteiger partial charge in [-0.3, -0.25) is 4.79 Å². The maximum Gasteiger partial charge on any atom is 0.387 e. The summed E-state index contributed by atoms with van der Waals surface area (Å²) in [6, 6.07) is 14.1. The van der Waals surface area contributed by atoms with Crippen molar-refractivity contribution in [2.75, 3.05) is 13.1 Å². The van der Waals surface area contributed by atoms with Crippen LogP contribution >= 0.6 is 0 Å². The Morgan fingerprint density at radius 2 is 1.81 bits per heavy atom. The van der Waals surface area contributed by atoms with E-state index < -0.39 is 18.6 Å². The number of benzene rings is 2. The summed E-state index contributed by atoms with van der Waals surface area (Å²) in [5.74, 6) is -0.539. The second kappa shape index (κ2) is 8.92. The largest absolute Gasteiger partial charge is 0.435 e. The summed E-state index contributed by atoms with van der Waals surface area (Å²) < 4.78 is 28.8. The minimum absolute atomic E-state index is 0.0609. The van der Waals surface area contributed by atoms with Crippen LogP contribution in [0.3, 0.4) is 0 Å². The summed E-state index contributed by atoms with van der Waals surface area (Å²) >= 11 is 0. The lowest BCUT2D eigenvalue weighted by Gasteiger charge is -2.17. The van der Waals surface area contributed by atoms with Gasteiger partial charge in [-0.05, 0) is 42.2 Å². The van der Waals surface area contributed by atoms with E-state index in [1.54, 1.807) is 0 Å². The van der Waals surface area contributed by atoms with Gasteiger partial charge in [0.2, 0.25) is 0 Å². The van der Waals surface area contributed by atoms with Gasteiger partial charge in [-0.2, -0.15) is 8.78 Å². The molecule has 2 aromatic rings. The Morgan fingerprint density at radius 3 is 2.48 bits per heavy atom. The van der Waals surface area contributed by atoms with E-state index in [1.165, 1.54) is 35.4 Å². The lowest BCUT2D eigenvalue weighted by Crippen LogP contribution is -2.41. The van der Waals surface area contributed by atoms with Crippen molar-refractivity contribution in [3.8, 4) is 5.75 Å². The fraction of sp³-hybridized carbons (Fsp3) is 0.350. The molecule has 1 aliphatic rings. The van der Waals surface area contributed by atoms with Crippen molar-refractivity contribution in [2.45, 2.75) is 31.6 Å². The average Bonchev–Trinajstić information content (AvgIpc) is 3.07. The highest BCUT2D eigenvalue weighted by Gasteiger charge is 2.21. The first kappa shape index (κ1) is 19.3. The number of aliphatic hydroxyl groups is 1. The van der Waals surface area contributed by atoms with Crippen molar-refractivity contribution < 1.29 is 23.4 Å². The molecule has 0 aromatic heterocycles. The summed E-state index contributed by atoms with van der Waals surface area (Å²) in [6.45, 7) is -2.53. The maximum absolute atomic E-state index is 12.2. The van der Waals surface area contributed by atoms with Gasteiger partial charge in [0.05, 0.1) is 6.10 Å². The Kier molecular flexibility index (Phi) is 6.36. The molecule has 0 saturated carbocycles. The molecule has 27 heavy (non-hydrogen) atoms. The highest BCUT2D eigenvalue weighted by Crippen LogP contribution is 2.21. The summed E-state index contributed by atoms with van der Waals surface area (Å²) in [5, 5.41) is 16.0. The van der Waals surface area contributed by atoms with Crippen LogP contribution in [0.1, 0.15) is 21.5 Å². The third-order valence-electron chi connectivity index (χ3n) is 4.51. The number of nitrogens with one attached hydrogen (secondary N) is 2. The number of hydrogen-bond donors (Lipinski definition) is 3. The SMILES string of the molecule is O=C(NCC(O)CNC1Cc2ccccc2C1)c1cccc(OC(F)F)c1. The topological polar surface area (TPSA) is 70.6 Å². The van der Waals surface area contributed by atoms with Crippen LogP contribution in [-0.4, -0.2) is 42.9 Å². The lowest BCUT2D eigenvalue weighted by molar-refractivity contribution is -0.0498. The third-order valence-corrected chi connectivity index (χ3v) is 4.51. The van der Waals surface area contributed by atoms with Crippen molar-refractivity contribution in [2.24, 2.45) is 0 Å². The summed E-state index contributed by atoms with van der Waals surface area (Å²) in [5.41, 5.74) is 2.84. The number of aliphatic hydroxyl groups excluding tert-OH is 1. The van der Waals surface area contributed by atoms with Crippen LogP contribution in [0, 0.1) is 0 Å². The fourth-order valence-corrected chi connectivity index (χ4v) is 3.20. The minimum atomic E-state index is -2.95. The Labute approximate surface area is 156 Å². The number of amides is 1. The van der Waals surface area contributed by atoms with Gasteiger partial charge in [0.15, 0.2) is 0 Å². The zero-order chi connectivity index (χ0) is 19.2. The van der Waals surface area contributed by atoms with Crippen LogP contribution in [0.5, 0.6) is 5.75 Å². The molecule has 0 saturated heterocycles. The molecule has 1 unspecified atom stereocenters. The van der Waals surface area contributed by atoms with Gasteiger partial charge in [0.25, 0.3) is 5.91 Å². The van der Waals surface area contributed by atoms with E-state index in [4.69, 9.17) is 0 Å². The Balaban J connectivity index is 1.41. The van der Waals surface area contributed by atoms with Crippen LogP contribution in [0.2, 0.25) is 0 Å². The number of hydrogen-bond acceptors (Lipinski definition) is 4. The molecule has 1 atom stereocenters. The van der Waals surface area contributed by atoms with Crippen molar-refractivity contribution in [3.63, 3.8) is 0 Å². The standard InChI is InChI=1S/C20H22F2N2O3/c21-20(22)27-18-7-3-6-15(10-18)19(26)24-12-17(25)11-23-16-8-13-4-1-2-5-14(13)9-16/h1-7,10,16-17,20,23,25H,8-9,11-12H2,(H,24,26). The Bertz CT molecular complexity index is 760. The first-order valence-electron chi connectivity index (χ1n) is 8.82. The molecule has 0 spiro atoms. The van der Waals surface area contributed by atoms with Gasteiger partial charge < -0.3 is 20.5 Å². The van der Waals surface area contributed by atoms with Gasteiger partial charge in [0.1, 0.15) is 5.75 Å². The Morgan fingerprint density at radius 1 is 1.11 bits per heavy atom. The second-order valence-electron chi connectivity index (χ2n) is 6.55. The fourth-order valence-electron chi connectivity index (χ4n) is 3.20. The predicted octanol–water partition coefficient (Wildman–Crippen LogP) is 2.14. The number of rotatable bonds is 8. The van der Waals surface area contributed by atoms with Crippen LogP contribution in [0.4, 0.5) is 8.78 Å². The van der Waals surface area contributed by atoms with Crippen LogP contribution in [0.15, 0.2) is 48.5 Å². The Hall–Kier alpha value is -2.51. The van der Waals surface area contributed by atoms with Crippen molar-refractivity contribution in [3.05, 3.63) is 65.2 Å². The van der Waals surface area contributed by atoms with Crippen LogP contribution in [0.25, 0.3) is 0 Å². The van der Waals surface area contributed by atoms with Crippen molar-refractivity contribution in [1.29, 1.82) is 0 Å². The third kappa shape index (κ3) is 5.48. The number of halogens is 2. The highest BCUT2D eigenvalue weighted by molar-refractivity contribution is 5.94. The first-order chi connectivity index (χ1) is 13.0. The molecule has 1 aliphatic carbocycles. The van der Waals surface area contributed by atoms with Crippen molar-refractivity contribution in [1.82, 2.24) is 10.6 Å². The van der Waals surface area contributed by atoms with E-state index in [2.05, 4.69) is 27.5 Å². The van der Waals surface area contributed by atoms with Gasteiger partial charge in [-0.1, -0.05) is 30.3 Å². The predicted molar refractivity (Wildman–Crippen MR) is 97.1 cm³/mol. The molecule has 1 amide bonds. The average molecular weight is 376 g/mol. The molecule has 144 valence electrons. The normalized spacial score (nSPS) is 14.8. The monoisotopic (exact) mass is 376 g/mol. The molecule has 0 fully saturated rings. The van der Waals surface area contributed by atoms with Crippen molar-refractivity contribution >= 4 is 5.91 Å². The molecule has 3 rings (SSSR count). The zero-order valence-corrected chi connectivity index (χ0v) is 14.7. The van der Waals surface area contributed by atoms with E-state index in [9.17, 15) is 18.7 Å². The molecule has 0 bridgehead atoms. The number of carbonyl (C=O) groups excluding carboxylic acids is 1. The molecule has 0 radical (unpaired) electrons. The van der Waals surface area contributed by atoms with E-state index in [0.717, 1.165) is 12.8 Å². The maximum atomic E-state index is 12.2. The van der Waals surface area contributed by atoms with Gasteiger partial charge in [0, 0.05) is 24.7 Å². The molecule has 0 aliphatic heterocycles. The zero-order valence-electron chi connectivity index (χ0n) is 14.7. The molecule has 0 heterocycles. The quantitative estimate of drug-likeness (QED) is 0.660. The van der Waals surface area contributed by atoms with E-state index in [-0.39, 0.29) is 23.9 Å². The van der Waals surface area contributed by atoms with E-state index in [1.807, 2.05) is 12.1 Å². The van der Waals surface area contributed by atoms with Gasteiger partial charge in [-0.25, -0.2) is 0 Å². The highest BCUT2D eigenvalue weighted by atomic mass is 19.3. The lowest BCUT2D eigenvalue weighted by atomic mass is 10.1. The number of alkyl halides is 2. The molecule has 2 aromatic carbocycles. The molecule has 7 heteroatoms. The smallest absolute Gasteiger partial charge is 0.387 e. The van der Waals surface area contributed by atoms with Crippen LogP contribution < -0.4 is 15.4 Å². The van der Waals surface area contributed by atoms with E-state index in [0.29, 0.717) is 6.54 Å². The minimum Gasteiger partial charge on any atom is -0.435 e. The summed E-state index contributed by atoms with van der Waals surface area (Å²) in [4.78, 5) is 12.1. The number of fused-ring (bicyclic) bond motifs is 1. The molecular weight excluding hydrogens is 354 g/mol. The first-order valence-corrected chi connectivity index (χ1v) is 8.82. The van der Waals surface area contributed by atoms with Gasteiger partial charge >= 0.3 is 6.61 Å². The number of carbonyl (C=O) groups is 1. The molecular formula is C20H22F2N2O3. The second-order valence-corrected chi connectivity index (χ2v) is 6.55.